The van der Waals surface area contributed by atoms with Crippen LogP contribution in [-0.2, 0) is 9.59 Å². The number of hydrogen-bond donors (Lipinski definition) is 2. The molecule has 0 heterocycles. The van der Waals surface area contributed by atoms with Crippen molar-refractivity contribution >= 4 is 23.5 Å². The summed E-state index contributed by atoms with van der Waals surface area (Å²) in [6.45, 7) is 1.83. The highest BCUT2D eigenvalue weighted by Gasteiger charge is 2.41. The minimum absolute atomic E-state index is 0.138. The SMILES string of the molecule is Cc1ccc(NC(=O)C2CCC2C(=O)O)cc1C(=O)N(C)C. The van der Waals surface area contributed by atoms with E-state index in [1.165, 1.54) is 4.90 Å². The van der Waals surface area contributed by atoms with Crippen LogP contribution in [0.25, 0.3) is 0 Å². The highest BCUT2D eigenvalue weighted by molar-refractivity contribution is 5.99. The molecule has 0 aliphatic heterocycles. The number of carboxylic acids is 1. The second-order valence-electron chi connectivity index (χ2n) is 5.85. The van der Waals surface area contributed by atoms with Gasteiger partial charge in [0.1, 0.15) is 0 Å². The third-order valence-electron chi connectivity index (χ3n) is 4.07. The lowest BCUT2D eigenvalue weighted by molar-refractivity contribution is -0.151. The second kappa shape index (κ2) is 6.17. The van der Waals surface area contributed by atoms with E-state index in [1.54, 1.807) is 32.3 Å². The number of carbonyl (C=O) groups excluding carboxylic acids is 2. The Balaban J connectivity index is 2.14. The van der Waals surface area contributed by atoms with Gasteiger partial charge in [0.2, 0.25) is 5.91 Å². The Bertz CT molecular complexity index is 625. The zero-order valence-electron chi connectivity index (χ0n) is 12.9. The highest BCUT2D eigenvalue weighted by atomic mass is 16.4. The van der Waals surface area contributed by atoms with Crippen LogP contribution in [0.1, 0.15) is 28.8 Å². The van der Waals surface area contributed by atoms with E-state index >= 15 is 0 Å². The van der Waals surface area contributed by atoms with Gasteiger partial charge in [0.05, 0.1) is 11.8 Å². The van der Waals surface area contributed by atoms with Gasteiger partial charge < -0.3 is 15.3 Å². The summed E-state index contributed by atoms with van der Waals surface area (Å²) < 4.78 is 0. The topological polar surface area (TPSA) is 86.7 Å². The molecular weight excluding hydrogens is 284 g/mol. The molecule has 2 unspecified atom stereocenters. The molecule has 2 N–H and O–H groups in total. The number of hydrogen-bond acceptors (Lipinski definition) is 3. The van der Waals surface area contributed by atoms with E-state index in [9.17, 15) is 14.4 Å². The van der Waals surface area contributed by atoms with E-state index < -0.39 is 17.8 Å². The molecule has 2 atom stereocenters. The Morgan fingerprint density at radius 2 is 1.82 bits per heavy atom. The second-order valence-corrected chi connectivity index (χ2v) is 5.85. The zero-order chi connectivity index (χ0) is 16.4. The fourth-order valence-electron chi connectivity index (χ4n) is 2.52. The molecule has 0 saturated heterocycles. The van der Waals surface area contributed by atoms with Crippen LogP contribution in [-0.4, -0.2) is 41.9 Å². The summed E-state index contributed by atoms with van der Waals surface area (Å²) in [6.07, 6.45) is 1.11. The normalized spacial score (nSPS) is 20.0. The number of amides is 2. The maximum atomic E-state index is 12.1. The zero-order valence-corrected chi connectivity index (χ0v) is 12.9. The quantitative estimate of drug-likeness (QED) is 0.887. The van der Waals surface area contributed by atoms with Crippen molar-refractivity contribution in [3.63, 3.8) is 0 Å². The highest BCUT2D eigenvalue weighted by Crippen LogP contribution is 2.35. The monoisotopic (exact) mass is 304 g/mol. The van der Waals surface area contributed by atoms with Crippen molar-refractivity contribution in [3.05, 3.63) is 29.3 Å². The van der Waals surface area contributed by atoms with Crippen LogP contribution < -0.4 is 5.32 Å². The number of aliphatic carboxylic acids is 1. The average molecular weight is 304 g/mol. The predicted molar refractivity (Wildman–Crippen MR) is 81.7 cm³/mol. The van der Waals surface area contributed by atoms with Crippen LogP contribution in [0.4, 0.5) is 5.69 Å². The van der Waals surface area contributed by atoms with Crippen molar-refractivity contribution in [3.8, 4) is 0 Å². The Morgan fingerprint density at radius 3 is 2.32 bits per heavy atom. The maximum Gasteiger partial charge on any atom is 0.307 e. The first-order chi connectivity index (χ1) is 10.3. The molecule has 6 nitrogen and oxygen atoms in total. The molecule has 0 spiro atoms. The molecular formula is C16H20N2O4. The first kappa shape index (κ1) is 16.0. The number of benzene rings is 1. The molecule has 22 heavy (non-hydrogen) atoms. The summed E-state index contributed by atoms with van der Waals surface area (Å²) in [5.41, 5.74) is 1.85. The third kappa shape index (κ3) is 3.10. The van der Waals surface area contributed by atoms with Crippen molar-refractivity contribution in [2.45, 2.75) is 19.8 Å². The van der Waals surface area contributed by atoms with Gasteiger partial charge in [-0.05, 0) is 37.5 Å². The van der Waals surface area contributed by atoms with Gasteiger partial charge in [-0.2, -0.15) is 0 Å². The number of carboxylic acid groups (broad SMARTS) is 1. The molecule has 1 aromatic carbocycles. The summed E-state index contributed by atoms with van der Waals surface area (Å²) >= 11 is 0. The lowest BCUT2D eigenvalue weighted by Gasteiger charge is -2.31. The van der Waals surface area contributed by atoms with E-state index in [0.717, 1.165) is 5.56 Å². The number of carbonyl (C=O) groups is 3. The van der Waals surface area contributed by atoms with Crippen LogP contribution in [0.15, 0.2) is 18.2 Å². The molecule has 0 bridgehead atoms. The summed E-state index contributed by atoms with van der Waals surface area (Å²) in [5, 5.41) is 11.7. The molecule has 1 saturated carbocycles. The molecule has 6 heteroatoms. The summed E-state index contributed by atoms with van der Waals surface area (Å²) in [5.74, 6) is -2.47. The molecule has 0 radical (unpaired) electrons. The van der Waals surface area contributed by atoms with E-state index in [2.05, 4.69) is 5.32 Å². The van der Waals surface area contributed by atoms with Crippen molar-refractivity contribution < 1.29 is 19.5 Å². The Kier molecular flexibility index (Phi) is 4.49. The van der Waals surface area contributed by atoms with Gasteiger partial charge in [0.15, 0.2) is 0 Å². The molecule has 2 rings (SSSR count). The molecule has 1 aliphatic carbocycles. The van der Waals surface area contributed by atoms with Gasteiger partial charge in [-0.3, -0.25) is 14.4 Å². The standard InChI is InChI=1S/C16H20N2O4/c1-9-4-5-10(8-13(9)15(20)18(2)3)17-14(19)11-6-7-12(11)16(21)22/h4-5,8,11-12H,6-7H2,1-3H3,(H,17,19)(H,21,22). The number of aryl methyl sites for hydroxylation is 1. The Hall–Kier alpha value is -2.37. The number of anilines is 1. The largest absolute Gasteiger partial charge is 0.481 e. The van der Waals surface area contributed by atoms with Gasteiger partial charge in [-0.1, -0.05) is 6.07 Å². The molecule has 1 aromatic rings. The van der Waals surface area contributed by atoms with Crippen LogP contribution >= 0.6 is 0 Å². The van der Waals surface area contributed by atoms with Gasteiger partial charge >= 0.3 is 5.97 Å². The minimum atomic E-state index is -0.932. The summed E-state index contributed by atoms with van der Waals surface area (Å²) in [4.78, 5) is 36.7. The number of nitrogens with one attached hydrogen (secondary N) is 1. The predicted octanol–water partition coefficient (Wildman–Crippen LogP) is 1.75. The van der Waals surface area contributed by atoms with E-state index in [1.807, 2.05) is 6.92 Å². The lowest BCUT2D eigenvalue weighted by Crippen LogP contribution is -2.41. The smallest absolute Gasteiger partial charge is 0.307 e. The van der Waals surface area contributed by atoms with Crippen LogP contribution in [0, 0.1) is 18.8 Å². The summed E-state index contributed by atoms with van der Waals surface area (Å²) in [6, 6.07) is 5.11. The Morgan fingerprint density at radius 1 is 1.18 bits per heavy atom. The molecule has 1 fully saturated rings. The first-order valence-corrected chi connectivity index (χ1v) is 7.17. The molecule has 2 amide bonds. The van der Waals surface area contributed by atoms with E-state index in [-0.39, 0.29) is 11.8 Å². The van der Waals surface area contributed by atoms with Crippen LogP contribution in [0.5, 0.6) is 0 Å². The third-order valence-corrected chi connectivity index (χ3v) is 4.07. The lowest BCUT2D eigenvalue weighted by atomic mass is 9.73. The van der Waals surface area contributed by atoms with Crippen molar-refractivity contribution in [2.75, 3.05) is 19.4 Å². The van der Waals surface area contributed by atoms with Crippen LogP contribution in [0.3, 0.4) is 0 Å². The molecule has 1 aliphatic rings. The van der Waals surface area contributed by atoms with E-state index in [0.29, 0.717) is 24.1 Å². The van der Waals surface area contributed by atoms with Gasteiger partial charge in [-0.25, -0.2) is 0 Å². The number of rotatable bonds is 4. The average Bonchev–Trinajstić information content (AvgIpc) is 2.37. The molecule has 118 valence electrons. The van der Waals surface area contributed by atoms with Crippen LogP contribution in [0.2, 0.25) is 0 Å². The fraction of sp³-hybridized carbons (Fsp3) is 0.438. The number of nitrogens with zero attached hydrogens (tertiary/aromatic N) is 1. The minimum Gasteiger partial charge on any atom is -0.481 e. The fourth-order valence-corrected chi connectivity index (χ4v) is 2.52. The first-order valence-electron chi connectivity index (χ1n) is 7.17. The van der Waals surface area contributed by atoms with Gasteiger partial charge in [0.25, 0.3) is 5.91 Å². The molecule has 0 aromatic heterocycles. The van der Waals surface area contributed by atoms with Gasteiger partial charge in [0, 0.05) is 25.3 Å². The van der Waals surface area contributed by atoms with E-state index in [4.69, 9.17) is 5.11 Å². The Labute approximate surface area is 129 Å². The van der Waals surface area contributed by atoms with Crippen molar-refractivity contribution in [1.29, 1.82) is 0 Å². The van der Waals surface area contributed by atoms with Crippen molar-refractivity contribution in [2.24, 2.45) is 11.8 Å². The maximum absolute atomic E-state index is 12.1. The summed E-state index contributed by atoms with van der Waals surface area (Å²) in [7, 11) is 3.33. The van der Waals surface area contributed by atoms with Gasteiger partial charge in [-0.15, -0.1) is 0 Å². The van der Waals surface area contributed by atoms with Crippen molar-refractivity contribution in [1.82, 2.24) is 4.90 Å².